The first-order valence-corrected chi connectivity index (χ1v) is 12.8. The number of nitrogens with zero attached hydrogens (tertiary/aromatic N) is 3. The zero-order valence-electron chi connectivity index (χ0n) is 23.1. The molecule has 0 spiro atoms. The van der Waals surface area contributed by atoms with Crippen LogP contribution in [0.15, 0.2) is 60.9 Å². The second kappa shape index (κ2) is 12.0. The minimum Gasteiger partial charge on any atom is -0.496 e. The number of anilines is 2. The third-order valence-corrected chi connectivity index (χ3v) is 6.21. The Balaban J connectivity index is 1.40. The summed E-state index contributed by atoms with van der Waals surface area (Å²) in [6.45, 7) is 5.37. The number of likely N-dealkylation sites (tertiary alicyclic amines) is 1. The van der Waals surface area contributed by atoms with Gasteiger partial charge in [0.1, 0.15) is 29.5 Å². The second-order valence-electron chi connectivity index (χ2n) is 10.3. The van der Waals surface area contributed by atoms with Gasteiger partial charge in [-0.2, -0.15) is 0 Å². The van der Waals surface area contributed by atoms with Crippen LogP contribution in [0, 0.1) is 0 Å². The van der Waals surface area contributed by atoms with E-state index in [0.29, 0.717) is 22.8 Å². The van der Waals surface area contributed by atoms with Gasteiger partial charge < -0.3 is 24.8 Å². The summed E-state index contributed by atoms with van der Waals surface area (Å²) in [6, 6.07) is 15.0. The molecule has 2 atom stereocenters. The van der Waals surface area contributed by atoms with Gasteiger partial charge in [0.25, 0.3) is 5.91 Å². The van der Waals surface area contributed by atoms with Gasteiger partial charge in [-0.3, -0.25) is 9.69 Å². The summed E-state index contributed by atoms with van der Waals surface area (Å²) >= 11 is 0. The molecule has 2 heterocycles. The fourth-order valence-electron chi connectivity index (χ4n) is 4.37. The van der Waals surface area contributed by atoms with Crippen molar-refractivity contribution in [1.82, 2.24) is 20.2 Å². The van der Waals surface area contributed by atoms with Gasteiger partial charge in [0.2, 0.25) is 0 Å². The number of amides is 2. The predicted octanol–water partition coefficient (Wildman–Crippen LogP) is 4.18. The quantitative estimate of drug-likeness (QED) is 0.418. The molecule has 1 aliphatic heterocycles. The van der Waals surface area contributed by atoms with E-state index in [-0.39, 0.29) is 18.9 Å². The zero-order valence-corrected chi connectivity index (χ0v) is 23.1. The minimum atomic E-state index is -0.842. The number of hydrogen-bond donors (Lipinski definition) is 2. The van der Waals surface area contributed by atoms with Gasteiger partial charge in [-0.15, -0.1) is 0 Å². The van der Waals surface area contributed by atoms with Crippen LogP contribution in [0.25, 0.3) is 11.3 Å². The number of hydrogen-bond acceptors (Lipinski definition) is 9. The standard InChI is InChI=1S/C29H33N5O6/c1-29(2,3)40-28(37)34-16-20(14-23(34)27(36)39-5)33-26(35)18-10-12-19(13-11-18)32-25-15-22(30-17-31-25)21-8-6-7-9-24(21)38-4/h6-13,15,17,20,23H,14,16H2,1-5H3,(H,33,35)(H,30,31,32). The van der Waals surface area contributed by atoms with Crippen molar-refractivity contribution in [3.05, 3.63) is 66.5 Å². The maximum absolute atomic E-state index is 13.0. The lowest BCUT2D eigenvalue weighted by atomic mass is 10.1. The molecular weight excluding hydrogens is 514 g/mol. The van der Waals surface area contributed by atoms with E-state index < -0.39 is 29.7 Å². The van der Waals surface area contributed by atoms with Crippen molar-refractivity contribution in [2.24, 2.45) is 0 Å². The molecule has 2 unspecified atom stereocenters. The maximum Gasteiger partial charge on any atom is 0.411 e. The smallest absolute Gasteiger partial charge is 0.411 e. The minimum absolute atomic E-state index is 0.127. The molecule has 3 aromatic rings. The van der Waals surface area contributed by atoms with Crippen LogP contribution < -0.4 is 15.4 Å². The molecule has 1 aliphatic rings. The summed E-state index contributed by atoms with van der Waals surface area (Å²) in [5.74, 6) is 0.398. The molecule has 40 heavy (non-hydrogen) atoms. The van der Waals surface area contributed by atoms with Crippen molar-refractivity contribution in [2.45, 2.75) is 44.9 Å². The monoisotopic (exact) mass is 547 g/mol. The lowest BCUT2D eigenvalue weighted by Crippen LogP contribution is -2.44. The van der Waals surface area contributed by atoms with Crippen LogP contribution >= 0.6 is 0 Å². The highest BCUT2D eigenvalue weighted by atomic mass is 16.6. The Kier molecular flexibility index (Phi) is 8.52. The average Bonchev–Trinajstić information content (AvgIpc) is 3.36. The van der Waals surface area contributed by atoms with Crippen molar-refractivity contribution in [2.75, 3.05) is 26.1 Å². The van der Waals surface area contributed by atoms with Gasteiger partial charge in [0, 0.05) is 41.9 Å². The van der Waals surface area contributed by atoms with Crippen LogP contribution in [0.3, 0.4) is 0 Å². The molecule has 0 saturated carbocycles. The lowest BCUT2D eigenvalue weighted by Gasteiger charge is -2.27. The number of nitrogens with one attached hydrogen (secondary N) is 2. The van der Waals surface area contributed by atoms with E-state index in [0.717, 1.165) is 11.3 Å². The molecule has 0 bridgehead atoms. The molecule has 1 fully saturated rings. The summed E-state index contributed by atoms with van der Waals surface area (Å²) < 4.78 is 15.7. The van der Waals surface area contributed by atoms with Gasteiger partial charge in [-0.05, 0) is 57.2 Å². The van der Waals surface area contributed by atoms with Crippen LogP contribution in [0.4, 0.5) is 16.3 Å². The lowest BCUT2D eigenvalue weighted by molar-refractivity contribution is -0.145. The first-order chi connectivity index (χ1) is 19.1. The molecule has 0 aliphatic carbocycles. The number of ether oxygens (including phenoxy) is 3. The molecule has 1 aromatic heterocycles. The maximum atomic E-state index is 13.0. The highest BCUT2D eigenvalue weighted by Crippen LogP contribution is 2.29. The first kappa shape index (κ1) is 28.3. The topological polar surface area (TPSA) is 132 Å². The number of carbonyl (C=O) groups is 3. The highest BCUT2D eigenvalue weighted by Gasteiger charge is 2.42. The molecule has 0 radical (unpaired) electrons. The van der Waals surface area contributed by atoms with Crippen molar-refractivity contribution in [1.29, 1.82) is 0 Å². The van der Waals surface area contributed by atoms with E-state index in [4.69, 9.17) is 14.2 Å². The number of aromatic nitrogens is 2. The van der Waals surface area contributed by atoms with E-state index in [2.05, 4.69) is 20.6 Å². The van der Waals surface area contributed by atoms with Crippen LogP contribution in [-0.4, -0.2) is 71.3 Å². The average molecular weight is 548 g/mol. The Morgan fingerprint density at radius 3 is 2.40 bits per heavy atom. The Morgan fingerprint density at radius 1 is 1.00 bits per heavy atom. The Bertz CT molecular complexity index is 1370. The fourth-order valence-corrected chi connectivity index (χ4v) is 4.37. The molecule has 2 N–H and O–H groups in total. The van der Waals surface area contributed by atoms with Crippen LogP contribution in [-0.2, 0) is 14.3 Å². The van der Waals surface area contributed by atoms with Gasteiger partial charge >= 0.3 is 12.1 Å². The summed E-state index contributed by atoms with van der Waals surface area (Å²) in [5.41, 5.74) is 1.97. The fraction of sp³-hybridized carbons (Fsp3) is 0.345. The Hall–Kier alpha value is -4.67. The van der Waals surface area contributed by atoms with Crippen molar-refractivity contribution in [3.63, 3.8) is 0 Å². The number of methoxy groups -OCH3 is 2. The van der Waals surface area contributed by atoms with E-state index in [1.54, 1.807) is 52.1 Å². The van der Waals surface area contributed by atoms with Crippen molar-refractivity contribution in [3.8, 4) is 17.0 Å². The Labute approximate surface area is 232 Å². The molecule has 1 saturated heterocycles. The van der Waals surface area contributed by atoms with E-state index in [9.17, 15) is 14.4 Å². The number of benzene rings is 2. The third kappa shape index (κ3) is 6.85. The van der Waals surface area contributed by atoms with E-state index >= 15 is 0 Å². The number of rotatable bonds is 7. The Morgan fingerprint density at radius 2 is 1.73 bits per heavy atom. The third-order valence-electron chi connectivity index (χ3n) is 6.21. The van der Waals surface area contributed by atoms with Gasteiger partial charge in [-0.1, -0.05) is 12.1 Å². The van der Waals surface area contributed by atoms with Crippen molar-refractivity contribution < 1.29 is 28.6 Å². The van der Waals surface area contributed by atoms with Crippen LogP contribution in [0.1, 0.15) is 37.6 Å². The predicted molar refractivity (Wildman–Crippen MR) is 148 cm³/mol. The summed E-state index contributed by atoms with van der Waals surface area (Å²) in [5, 5.41) is 6.13. The zero-order chi connectivity index (χ0) is 28.9. The van der Waals surface area contributed by atoms with Gasteiger partial charge in [0.05, 0.1) is 19.9 Å². The van der Waals surface area contributed by atoms with E-state index in [1.807, 2.05) is 30.3 Å². The molecule has 11 heteroatoms. The number of carbonyl (C=O) groups excluding carboxylic acids is 3. The molecular formula is C29H33N5O6. The molecule has 2 amide bonds. The van der Waals surface area contributed by atoms with Gasteiger partial charge in [0.15, 0.2) is 0 Å². The van der Waals surface area contributed by atoms with Crippen molar-refractivity contribution >= 4 is 29.5 Å². The highest BCUT2D eigenvalue weighted by molar-refractivity contribution is 5.95. The number of esters is 1. The van der Waals surface area contributed by atoms with Crippen LogP contribution in [0.2, 0.25) is 0 Å². The second-order valence-corrected chi connectivity index (χ2v) is 10.3. The molecule has 2 aromatic carbocycles. The van der Waals surface area contributed by atoms with Gasteiger partial charge in [-0.25, -0.2) is 19.6 Å². The van der Waals surface area contributed by atoms with Crippen LogP contribution in [0.5, 0.6) is 5.75 Å². The largest absolute Gasteiger partial charge is 0.496 e. The summed E-state index contributed by atoms with van der Waals surface area (Å²) in [6.07, 6.45) is 1.06. The normalized spacial score (nSPS) is 16.7. The summed E-state index contributed by atoms with van der Waals surface area (Å²) in [4.78, 5) is 47.9. The number of para-hydroxylation sites is 1. The van der Waals surface area contributed by atoms with E-state index in [1.165, 1.54) is 18.3 Å². The molecule has 4 rings (SSSR count). The molecule has 210 valence electrons. The SMILES string of the molecule is COC(=O)C1CC(NC(=O)c2ccc(Nc3cc(-c4ccccc4OC)ncn3)cc2)CN1C(=O)OC(C)(C)C. The first-order valence-electron chi connectivity index (χ1n) is 12.8. The molecule has 11 nitrogen and oxygen atoms in total. The summed E-state index contributed by atoms with van der Waals surface area (Å²) in [7, 11) is 2.87.